The molecule has 2 aliphatic rings. The number of hydrogen-bond acceptors (Lipinski definition) is 6. The van der Waals surface area contributed by atoms with Crippen LogP contribution in [0.3, 0.4) is 0 Å². The SMILES string of the molecule is COC(=O)c1ccc(NC(=O)C(CC2CCCCC2)N2CC(Oc3c(F)cccc3F)=CC2=O)nc1. The average Bonchev–Trinajstić information content (AvgIpc) is 3.25. The summed E-state index contributed by atoms with van der Waals surface area (Å²) in [5.41, 5.74) is 0.232. The first-order valence-corrected chi connectivity index (χ1v) is 11.8. The number of methoxy groups -OCH3 is 1. The van der Waals surface area contributed by atoms with Gasteiger partial charge in [0, 0.05) is 12.3 Å². The number of nitrogens with one attached hydrogen (secondary N) is 1. The highest BCUT2D eigenvalue weighted by atomic mass is 19.1. The zero-order valence-corrected chi connectivity index (χ0v) is 19.8. The molecule has 8 nitrogen and oxygen atoms in total. The molecule has 2 aromatic rings. The number of anilines is 1. The van der Waals surface area contributed by atoms with Crippen molar-refractivity contribution in [3.05, 3.63) is 65.6 Å². The zero-order chi connectivity index (χ0) is 25.7. The number of amides is 2. The van der Waals surface area contributed by atoms with E-state index in [9.17, 15) is 23.2 Å². The summed E-state index contributed by atoms with van der Waals surface area (Å²) in [4.78, 5) is 43.3. The number of ether oxygens (including phenoxy) is 2. The fraction of sp³-hybridized carbons (Fsp3) is 0.385. The van der Waals surface area contributed by atoms with Gasteiger partial charge in [-0.3, -0.25) is 9.59 Å². The van der Waals surface area contributed by atoms with E-state index in [2.05, 4.69) is 15.0 Å². The van der Waals surface area contributed by atoms with Gasteiger partial charge in [0.05, 0.1) is 19.2 Å². The second-order valence-corrected chi connectivity index (χ2v) is 8.90. The van der Waals surface area contributed by atoms with E-state index in [4.69, 9.17) is 4.74 Å². The Morgan fingerprint density at radius 3 is 2.50 bits per heavy atom. The molecule has 1 saturated carbocycles. The molecule has 0 saturated heterocycles. The summed E-state index contributed by atoms with van der Waals surface area (Å²) >= 11 is 0. The predicted octanol–water partition coefficient (Wildman–Crippen LogP) is 4.23. The van der Waals surface area contributed by atoms with Crippen molar-refractivity contribution >= 4 is 23.6 Å². The molecule has 1 aliphatic heterocycles. The third-order valence-corrected chi connectivity index (χ3v) is 6.44. The number of hydrogen-bond donors (Lipinski definition) is 1. The lowest BCUT2D eigenvalue weighted by Crippen LogP contribution is -2.46. The molecule has 0 radical (unpaired) electrons. The van der Waals surface area contributed by atoms with Crippen molar-refractivity contribution in [1.29, 1.82) is 0 Å². The van der Waals surface area contributed by atoms with Gasteiger partial charge in [0.1, 0.15) is 17.6 Å². The van der Waals surface area contributed by atoms with Gasteiger partial charge in [-0.25, -0.2) is 18.6 Å². The van der Waals surface area contributed by atoms with Gasteiger partial charge in [0.15, 0.2) is 17.4 Å². The van der Waals surface area contributed by atoms with Crippen LogP contribution in [0, 0.1) is 17.6 Å². The van der Waals surface area contributed by atoms with E-state index in [1.807, 2.05) is 0 Å². The van der Waals surface area contributed by atoms with Crippen molar-refractivity contribution in [3.63, 3.8) is 0 Å². The van der Waals surface area contributed by atoms with Crippen LogP contribution in [0.2, 0.25) is 0 Å². The largest absolute Gasteiger partial charge is 0.465 e. The van der Waals surface area contributed by atoms with Gasteiger partial charge >= 0.3 is 5.97 Å². The summed E-state index contributed by atoms with van der Waals surface area (Å²) in [6.07, 6.45) is 8.04. The normalized spacial score (nSPS) is 16.9. The fourth-order valence-corrected chi connectivity index (χ4v) is 4.58. The van der Waals surface area contributed by atoms with E-state index in [0.29, 0.717) is 6.42 Å². The summed E-state index contributed by atoms with van der Waals surface area (Å²) < 4.78 is 38.1. The minimum Gasteiger partial charge on any atom is -0.465 e. The van der Waals surface area contributed by atoms with Crippen LogP contribution in [0.25, 0.3) is 0 Å². The van der Waals surface area contributed by atoms with Crippen molar-refractivity contribution in [3.8, 4) is 5.75 Å². The lowest BCUT2D eigenvalue weighted by atomic mass is 9.84. The van der Waals surface area contributed by atoms with Gasteiger partial charge < -0.3 is 19.7 Å². The van der Waals surface area contributed by atoms with Crippen molar-refractivity contribution in [2.24, 2.45) is 5.92 Å². The van der Waals surface area contributed by atoms with Gasteiger partial charge in [0.25, 0.3) is 5.91 Å². The van der Waals surface area contributed by atoms with Crippen molar-refractivity contribution in [1.82, 2.24) is 9.88 Å². The number of esters is 1. The summed E-state index contributed by atoms with van der Waals surface area (Å²) in [6.45, 7) is -0.105. The number of rotatable bonds is 8. The van der Waals surface area contributed by atoms with E-state index < -0.39 is 41.2 Å². The summed E-state index contributed by atoms with van der Waals surface area (Å²) in [5.74, 6) is -3.34. The molecule has 36 heavy (non-hydrogen) atoms. The molecule has 4 rings (SSSR count). The maximum absolute atomic E-state index is 14.0. The number of para-hydroxylation sites is 1. The molecular formula is C26H27F2N3O5. The molecule has 1 aromatic heterocycles. The monoisotopic (exact) mass is 499 g/mol. The van der Waals surface area contributed by atoms with Gasteiger partial charge in [0.2, 0.25) is 5.91 Å². The number of carbonyl (C=O) groups is 3. The van der Waals surface area contributed by atoms with Gasteiger partial charge in [-0.15, -0.1) is 0 Å². The number of carbonyl (C=O) groups excluding carboxylic acids is 3. The first-order valence-electron chi connectivity index (χ1n) is 11.8. The summed E-state index contributed by atoms with van der Waals surface area (Å²) in [7, 11) is 1.26. The van der Waals surface area contributed by atoms with Crippen LogP contribution >= 0.6 is 0 Å². The molecule has 0 spiro atoms. The molecule has 0 bridgehead atoms. The van der Waals surface area contributed by atoms with Crippen LogP contribution in [0.1, 0.15) is 48.9 Å². The van der Waals surface area contributed by atoms with Crippen molar-refractivity contribution in [2.45, 2.75) is 44.6 Å². The molecule has 2 heterocycles. The molecule has 1 aromatic carbocycles. The van der Waals surface area contributed by atoms with E-state index in [1.165, 1.54) is 36.4 Å². The standard InChI is InChI=1S/C26H27F2N3O5/c1-35-26(34)17-10-11-22(29-14-17)30-25(33)21(12-16-6-3-2-4-7-16)31-15-18(13-23(31)32)36-24-19(27)8-5-9-20(24)28/h5,8-11,13-14,16,21H,2-4,6-7,12,15H2,1H3,(H,29,30,33). The molecule has 1 N–H and O–H groups in total. The van der Waals surface area contributed by atoms with Crippen LogP contribution in [0.4, 0.5) is 14.6 Å². The minimum atomic E-state index is -0.889. The maximum Gasteiger partial charge on any atom is 0.339 e. The predicted molar refractivity (Wildman–Crippen MR) is 126 cm³/mol. The molecule has 1 unspecified atom stereocenters. The maximum atomic E-state index is 14.0. The third kappa shape index (κ3) is 5.87. The Bertz CT molecular complexity index is 1140. The van der Waals surface area contributed by atoms with E-state index in [-0.39, 0.29) is 29.6 Å². The van der Waals surface area contributed by atoms with Crippen LogP contribution in [-0.2, 0) is 14.3 Å². The molecule has 2 amide bonds. The molecule has 1 atom stereocenters. The smallest absolute Gasteiger partial charge is 0.339 e. The number of nitrogens with zero attached hydrogens (tertiary/aromatic N) is 2. The van der Waals surface area contributed by atoms with Crippen LogP contribution < -0.4 is 10.1 Å². The molecule has 1 fully saturated rings. The summed E-state index contributed by atoms with van der Waals surface area (Å²) in [5, 5.41) is 2.72. The highest BCUT2D eigenvalue weighted by Gasteiger charge is 2.36. The number of pyridine rings is 1. The Hall–Kier alpha value is -3.82. The third-order valence-electron chi connectivity index (χ3n) is 6.44. The van der Waals surface area contributed by atoms with Crippen LogP contribution in [0.5, 0.6) is 5.75 Å². The van der Waals surface area contributed by atoms with Gasteiger partial charge in [-0.1, -0.05) is 38.2 Å². The second-order valence-electron chi connectivity index (χ2n) is 8.90. The first kappa shape index (κ1) is 25.3. The Balaban J connectivity index is 1.50. The second kappa shape index (κ2) is 11.3. The Morgan fingerprint density at radius 2 is 1.86 bits per heavy atom. The quantitative estimate of drug-likeness (QED) is 0.546. The molecule has 10 heteroatoms. The molecule has 190 valence electrons. The number of halogens is 2. The highest BCUT2D eigenvalue weighted by Crippen LogP contribution is 2.31. The topological polar surface area (TPSA) is 97.8 Å². The van der Waals surface area contributed by atoms with Crippen LogP contribution in [0.15, 0.2) is 48.4 Å². The summed E-state index contributed by atoms with van der Waals surface area (Å²) in [6, 6.07) is 5.44. The minimum absolute atomic E-state index is 0.0472. The Labute approximate surface area is 207 Å². The Kier molecular flexibility index (Phi) is 7.92. The van der Waals surface area contributed by atoms with E-state index in [0.717, 1.165) is 50.3 Å². The molecule has 1 aliphatic carbocycles. The fourth-order valence-electron chi connectivity index (χ4n) is 4.58. The lowest BCUT2D eigenvalue weighted by molar-refractivity contribution is -0.134. The zero-order valence-electron chi connectivity index (χ0n) is 19.8. The highest BCUT2D eigenvalue weighted by molar-refractivity contribution is 6.00. The van der Waals surface area contributed by atoms with Gasteiger partial charge in [-0.2, -0.15) is 0 Å². The first-order chi connectivity index (χ1) is 17.4. The average molecular weight is 500 g/mol. The van der Waals surface area contributed by atoms with Crippen molar-refractivity contribution < 1.29 is 32.6 Å². The number of aromatic nitrogens is 1. The van der Waals surface area contributed by atoms with Gasteiger partial charge in [-0.05, 0) is 36.6 Å². The Morgan fingerprint density at radius 1 is 1.14 bits per heavy atom. The lowest BCUT2D eigenvalue weighted by Gasteiger charge is -2.31. The molecular weight excluding hydrogens is 472 g/mol. The van der Waals surface area contributed by atoms with Crippen LogP contribution in [-0.4, -0.2) is 47.4 Å². The van der Waals surface area contributed by atoms with E-state index in [1.54, 1.807) is 0 Å². The van der Waals surface area contributed by atoms with E-state index >= 15 is 0 Å². The number of benzene rings is 1. The van der Waals surface area contributed by atoms with Crippen molar-refractivity contribution in [2.75, 3.05) is 19.0 Å².